The number of halogens is 1. The SMILES string of the molecule is O=[N+]([O-])c1ccc(COc2ccc(/C=N\O)cc2Cl)cc1. The van der Waals surface area contributed by atoms with Gasteiger partial charge in [0.1, 0.15) is 12.4 Å². The molecule has 6 nitrogen and oxygen atoms in total. The molecule has 7 heteroatoms. The Bertz CT molecular complexity index is 671. The zero-order valence-corrected chi connectivity index (χ0v) is 11.5. The molecule has 2 aromatic rings. The van der Waals surface area contributed by atoms with Crippen LogP contribution in [0.3, 0.4) is 0 Å². The van der Waals surface area contributed by atoms with Crippen LogP contribution in [0.15, 0.2) is 47.6 Å². The molecular weight excluding hydrogens is 296 g/mol. The molecule has 0 unspecified atom stereocenters. The van der Waals surface area contributed by atoms with E-state index >= 15 is 0 Å². The van der Waals surface area contributed by atoms with Crippen LogP contribution in [0.1, 0.15) is 11.1 Å². The van der Waals surface area contributed by atoms with E-state index in [-0.39, 0.29) is 12.3 Å². The molecule has 0 saturated heterocycles. The molecule has 0 aromatic heterocycles. The first-order chi connectivity index (χ1) is 10.1. The Morgan fingerprint density at radius 3 is 2.57 bits per heavy atom. The highest BCUT2D eigenvalue weighted by molar-refractivity contribution is 6.32. The maximum Gasteiger partial charge on any atom is 0.269 e. The van der Waals surface area contributed by atoms with Gasteiger partial charge in [0, 0.05) is 12.1 Å². The largest absolute Gasteiger partial charge is 0.487 e. The van der Waals surface area contributed by atoms with Gasteiger partial charge in [0.15, 0.2) is 0 Å². The topological polar surface area (TPSA) is 85.0 Å². The zero-order chi connectivity index (χ0) is 15.2. The van der Waals surface area contributed by atoms with Crippen LogP contribution in [0.25, 0.3) is 0 Å². The summed E-state index contributed by atoms with van der Waals surface area (Å²) in [5.74, 6) is 0.477. The van der Waals surface area contributed by atoms with E-state index in [2.05, 4.69) is 5.16 Å². The third kappa shape index (κ3) is 3.93. The Kier molecular flexibility index (Phi) is 4.73. The molecule has 0 aliphatic rings. The van der Waals surface area contributed by atoms with Gasteiger partial charge in [0.2, 0.25) is 0 Å². The maximum absolute atomic E-state index is 10.5. The van der Waals surface area contributed by atoms with Gasteiger partial charge in [-0.25, -0.2) is 0 Å². The van der Waals surface area contributed by atoms with E-state index in [4.69, 9.17) is 21.5 Å². The van der Waals surface area contributed by atoms with Crippen LogP contribution >= 0.6 is 11.6 Å². The van der Waals surface area contributed by atoms with Gasteiger partial charge in [-0.2, -0.15) is 0 Å². The standard InChI is InChI=1S/C14H11ClN2O4/c15-13-7-11(8-16-18)3-6-14(13)21-9-10-1-4-12(5-2-10)17(19)20/h1-8,18H,9H2/b16-8-. The van der Waals surface area contributed by atoms with Crippen LogP contribution in [-0.4, -0.2) is 16.3 Å². The lowest BCUT2D eigenvalue weighted by Crippen LogP contribution is -1.97. The van der Waals surface area contributed by atoms with Crippen LogP contribution in [0.5, 0.6) is 5.75 Å². The van der Waals surface area contributed by atoms with Crippen molar-refractivity contribution >= 4 is 23.5 Å². The van der Waals surface area contributed by atoms with E-state index < -0.39 is 4.92 Å². The third-order valence-electron chi connectivity index (χ3n) is 2.70. The number of non-ortho nitro benzene ring substituents is 1. The summed E-state index contributed by atoms with van der Waals surface area (Å²) in [7, 11) is 0. The summed E-state index contributed by atoms with van der Waals surface area (Å²) >= 11 is 6.04. The minimum Gasteiger partial charge on any atom is -0.487 e. The molecular formula is C14H11ClN2O4. The van der Waals surface area contributed by atoms with E-state index in [0.29, 0.717) is 16.3 Å². The molecule has 0 saturated carbocycles. The summed E-state index contributed by atoms with van der Waals surface area (Å²) < 4.78 is 5.55. The fraction of sp³-hybridized carbons (Fsp3) is 0.0714. The number of benzene rings is 2. The number of nitrogens with zero attached hydrogens (tertiary/aromatic N) is 2. The Morgan fingerprint density at radius 1 is 1.29 bits per heavy atom. The average molecular weight is 307 g/mol. The Balaban J connectivity index is 2.04. The lowest BCUT2D eigenvalue weighted by molar-refractivity contribution is -0.384. The number of oxime groups is 1. The van der Waals surface area contributed by atoms with Crippen molar-refractivity contribution in [3.8, 4) is 5.75 Å². The van der Waals surface area contributed by atoms with E-state index in [1.54, 1.807) is 30.3 Å². The van der Waals surface area contributed by atoms with Crippen LogP contribution in [0.2, 0.25) is 5.02 Å². The van der Waals surface area contributed by atoms with Gasteiger partial charge in [0.25, 0.3) is 5.69 Å². The molecule has 0 aliphatic heterocycles. The minimum atomic E-state index is -0.455. The minimum absolute atomic E-state index is 0.0319. The number of nitro groups is 1. The average Bonchev–Trinajstić information content (AvgIpc) is 2.47. The molecule has 108 valence electrons. The molecule has 0 atom stereocenters. The highest BCUT2D eigenvalue weighted by atomic mass is 35.5. The van der Waals surface area contributed by atoms with Crippen molar-refractivity contribution in [1.29, 1.82) is 0 Å². The van der Waals surface area contributed by atoms with Crippen LogP contribution in [0.4, 0.5) is 5.69 Å². The quantitative estimate of drug-likeness (QED) is 0.395. The maximum atomic E-state index is 10.5. The summed E-state index contributed by atoms with van der Waals surface area (Å²) in [5, 5.41) is 22.3. The molecule has 2 aromatic carbocycles. The Morgan fingerprint density at radius 2 is 2.00 bits per heavy atom. The first-order valence-corrected chi connectivity index (χ1v) is 6.31. The van der Waals surface area contributed by atoms with Gasteiger partial charge in [-0.05, 0) is 41.5 Å². The molecule has 0 radical (unpaired) electrons. The molecule has 0 spiro atoms. The second-order valence-corrected chi connectivity index (χ2v) is 4.55. The molecule has 2 rings (SSSR count). The van der Waals surface area contributed by atoms with Crippen LogP contribution in [-0.2, 0) is 6.61 Å². The summed E-state index contributed by atoms with van der Waals surface area (Å²) in [6.07, 6.45) is 1.26. The van der Waals surface area contributed by atoms with Gasteiger partial charge >= 0.3 is 0 Å². The molecule has 0 heterocycles. The highest BCUT2D eigenvalue weighted by Gasteiger charge is 2.06. The van der Waals surface area contributed by atoms with Gasteiger partial charge in [-0.3, -0.25) is 10.1 Å². The first kappa shape index (κ1) is 14.8. The van der Waals surface area contributed by atoms with Crippen molar-refractivity contribution in [3.63, 3.8) is 0 Å². The van der Waals surface area contributed by atoms with Gasteiger partial charge in [-0.15, -0.1) is 0 Å². The molecule has 1 N–H and O–H groups in total. The van der Waals surface area contributed by atoms with E-state index in [1.807, 2.05) is 0 Å². The first-order valence-electron chi connectivity index (χ1n) is 5.93. The predicted molar refractivity (Wildman–Crippen MR) is 78.3 cm³/mol. The van der Waals surface area contributed by atoms with Crippen molar-refractivity contribution < 1.29 is 14.9 Å². The van der Waals surface area contributed by atoms with E-state index in [9.17, 15) is 10.1 Å². The van der Waals surface area contributed by atoms with Crippen molar-refractivity contribution in [1.82, 2.24) is 0 Å². The number of ether oxygens (including phenoxy) is 1. The van der Waals surface area contributed by atoms with Crippen molar-refractivity contribution in [2.75, 3.05) is 0 Å². The van der Waals surface area contributed by atoms with Crippen molar-refractivity contribution in [2.45, 2.75) is 6.61 Å². The summed E-state index contributed by atoms with van der Waals surface area (Å²) in [6.45, 7) is 0.241. The fourth-order valence-electron chi connectivity index (χ4n) is 1.66. The van der Waals surface area contributed by atoms with Gasteiger partial charge < -0.3 is 9.94 Å². The molecule has 0 fully saturated rings. The summed E-state index contributed by atoms with van der Waals surface area (Å²) in [5.41, 5.74) is 1.47. The highest BCUT2D eigenvalue weighted by Crippen LogP contribution is 2.26. The lowest BCUT2D eigenvalue weighted by Gasteiger charge is -2.08. The molecule has 0 aliphatic carbocycles. The smallest absolute Gasteiger partial charge is 0.269 e. The Labute approximate surface area is 125 Å². The third-order valence-corrected chi connectivity index (χ3v) is 3.00. The van der Waals surface area contributed by atoms with Gasteiger partial charge in [-0.1, -0.05) is 16.8 Å². The fourth-order valence-corrected chi connectivity index (χ4v) is 1.90. The van der Waals surface area contributed by atoms with Crippen LogP contribution < -0.4 is 4.74 Å². The number of rotatable bonds is 5. The second kappa shape index (κ2) is 6.71. The zero-order valence-electron chi connectivity index (χ0n) is 10.8. The van der Waals surface area contributed by atoms with Crippen LogP contribution in [0, 0.1) is 10.1 Å². The molecule has 21 heavy (non-hydrogen) atoms. The van der Waals surface area contributed by atoms with Gasteiger partial charge in [0.05, 0.1) is 16.2 Å². The molecule has 0 amide bonds. The lowest BCUT2D eigenvalue weighted by atomic mass is 10.2. The second-order valence-electron chi connectivity index (χ2n) is 4.15. The molecule has 0 bridgehead atoms. The van der Waals surface area contributed by atoms with Crippen molar-refractivity contribution in [3.05, 3.63) is 68.7 Å². The summed E-state index contributed by atoms with van der Waals surface area (Å²) in [6, 6.07) is 11.0. The number of nitro benzene ring substituents is 1. The van der Waals surface area contributed by atoms with Crippen molar-refractivity contribution in [2.24, 2.45) is 5.16 Å². The normalized spacial score (nSPS) is 10.7. The Hall–Kier alpha value is -2.60. The summed E-state index contributed by atoms with van der Waals surface area (Å²) in [4.78, 5) is 10.1. The monoisotopic (exact) mass is 306 g/mol. The van der Waals surface area contributed by atoms with E-state index in [0.717, 1.165) is 5.56 Å². The predicted octanol–water partition coefficient (Wildman–Crippen LogP) is 3.64. The van der Waals surface area contributed by atoms with E-state index in [1.165, 1.54) is 18.3 Å². The number of hydrogen-bond donors (Lipinski definition) is 1. The number of hydrogen-bond acceptors (Lipinski definition) is 5.